The molecule has 0 aliphatic rings. The number of carbonyl (C=O) groups excluding carboxylic acids is 1. The average molecular weight is 364 g/mol. The Morgan fingerprint density at radius 2 is 1.62 bits per heavy atom. The average Bonchev–Trinajstić information content (AvgIpc) is 2.67. The van der Waals surface area contributed by atoms with Crippen LogP contribution in [0.15, 0.2) is 77.7 Å². The van der Waals surface area contributed by atoms with Gasteiger partial charge in [-0.25, -0.2) is 0 Å². The SMILES string of the molecule is C[C@H](Sc1ccc2ccccc2c1)C(=O)N[C@@H](C)CCc1ccccc1. The van der Waals surface area contributed by atoms with Crippen LogP contribution in [-0.4, -0.2) is 17.2 Å². The highest BCUT2D eigenvalue weighted by Gasteiger charge is 2.16. The molecule has 0 unspecified atom stereocenters. The molecule has 1 amide bonds. The molecule has 2 atom stereocenters. The van der Waals surface area contributed by atoms with E-state index in [-0.39, 0.29) is 17.2 Å². The van der Waals surface area contributed by atoms with Gasteiger partial charge in [0.25, 0.3) is 0 Å². The van der Waals surface area contributed by atoms with E-state index in [4.69, 9.17) is 0 Å². The van der Waals surface area contributed by atoms with E-state index in [0.717, 1.165) is 17.7 Å². The number of aryl methyl sites for hydroxylation is 1. The number of fused-ring (bicyclic) bond motifs is 1. The lowest BCUT2D eigenvalue weighted by Gasteiger charge is -2.17. The lowest BCUT2D eigenvalue weighted by atomic mass is 10.1. The van der Waals surface area contributed by atoms with E-state index >= 15 is 0 Å². The first kappa shape index (κ1) is 18.5. The normalized spacial score (nSPS) is 13.3. The minimum atomic E-state index is -0.115. The summed E-state index contributed by atoms with van der Waals surface area (Å²) in [6.45, 7) is 4.05. The molecule has 0 aliphatic heterocycles. The van der Waals surface area contributed by atoms with Crippen LogP contribution in [0.5, 0.6) is 0 Å². The van der Waals surface area contributed by atoms with Crippen molar-refractivity contribution < 1.29 is 4.79 Å². The number of rotatable bonds is 7. The van der Waals surface area contributed by atoms with Crippen molar-refractivity contribution >= 4 is 28.4 Å². The van der Waals surface area contributed by atoms with Crippen LogP contribution >= 0.6 is 11.8 Å². The van der Waals surface area contributed by atoms with Gasteiger partial charge in [-0.05, 0) is 55.2 Å². The first-order chi connectivity index (χ1) is 12.6. The van der Waals surface area contributed by atoms with E-state index in [2.05, 4.69) is 66.8 Å². The topological polar surface area (TPSA) is 29.1 Å². The zero-order chi connectivity index (χ0) is 18.4. The number of carbonyl (C=O) groups is 1. The molecule has 3 rings (SSSR count). The van der Waals surface area contributed by atoms with Gasteiger partial charge in [-0.1, -0.05) is 60.7 Å². The number of hydrogen-bond donors (Lipinski definition) is 1. The number of hydrogen-bond acceptors (Lipinski definition) is 2. The molecule has 0 aromatic heterocycles. The highest BCUT2D eigenvalue weighted by Crippen LogP contribution is 2.27. The first-order valence-corrected chi connectivity index (χ1v) is 9.99. The minimum Gasteiger partial charge on any atom is -0.353 e. The Balaban J connectivity index is 1.51. The molecule has 0 spiro atoms. The summed E-state index contributed by atoms with van der Waals surface area (Å²) in [6.07, 6.45) is 1.93. The van der Waals surface area contributed by atoms with Gasteiger partial charge in [-0.2, -0.15) is 0 Å². The molecule has 3 aromatic rings. The zero-order valence-electron chi connectivity index (χ0n) is 15.3. The standard InChI is InChI=1S/C23H25NOS/c1-17(12-13-19-8-4-3-5-9-19)24-23(25)18(2)26-22-15-14-20-10-6-7-11-21(20)16-22/h3-11,14-18H,12-13H2,1-2H3,(H,24,25)/t17-,18-/m0/s1. The second-order valence-electron chi connectivity index (χ2n) is 6.70. The molecule has 0 saturated heterocycles. The molecule has 2 nitrogen and oxygen atoms in total. The van der Waals surface area contributed by atoms with Gasteiger partial charge >= 0.3 is 0 Å². The molecule has 0 saturated carbocycles. The van der Waals surface area contributed by atoms with Gasteiger partial charge in [-0.15, -0.1) is 11.8 Å². The lowest BCUT2D eigenvalue weighted by molar-refractivity contribution is -0.120. The summed E-state index contributed by atoms with van der Waals surface area (Å²) in [5, 5.41) is 5.47. The Bertz CT molecular complexity index is 862. The van der Waals surface area contributed by atoms with Crippen molar-refractivity contribution in [3.63, 3.8) is 0 Å². The summed E-state index contributed by atoms with van der Waals surface area (Å²) in [7, 11) is 0. The third-order valence-corrected chi connectivity index (χ3v) is 5.59. The van der Waals surface area contributed by atoms with Crippen molar-refractivity contribution in [3.05, 3.63) is 78.4 Å². The molecule has 0 heterocycles. The summed E-state index contributed by atoms with van der Waals surface area (Å²) in [6, 6.07) is 25.2. The van der Waals surface area contributed by atoms with E-state index in [1.54, 1.807) is 11.8 Å². The van der Waals surface area contributed by atoms with Gasteiger partial charge in [0.1, 0.15) is 0 Å². The van der Waals surface area contributed by atoms with Crippen molar-refractivity contribution in [2.24, 2.45) is 0 Å². The summed E-state index contributed by atoms with van der Waals surface area (Å²) >= 11 is 1.61. The molecule has 0 aliphatic carbocycles. The quantitative estimate of drug-likeness (QED) is 0.565. The predicted molar refractivity (Wildman–Crippen MR) is 112 cm³/mol. The van der Waals surface area contributed by atoms with Gasteiger partial charge < -0.3 is 5.32 Å². The maximum Gasteiger partial charge on any atom is 0.233 e. The van der Waals surface area contributed by atoms with E-state index in [9.17, 15) is 4.79 Å². The van der Waals surface area contributed by atoms with Crippen LogP contribution in [0.4, 0.5) is 0 Å². The molecule has 1 N–H and O–H groups in total. The Morgan fingerprint density at radius 3 is 2.38 bits per heavy atom. The smallest absolute Gasteiger partial charge is 0.233 e. The van der Waals surface area contributed by atoms with Gasteiger partial charge in [0.05, 0.1) is 5.25 Å². The van der Waals surface area contributed by atoms with Crippen LogP contribution in [-0.2, 0) is 11.2 Å². The molecule has 0 fully saturated rings. The maximum absolute atomic E-state index is 12.5. The second-order valence-corrected chi connectivity index (χ2v) is 8.12. The summed E-state index contributed by atoms with van der Waals surface area (Å²) in [5.74, 6) is 0.101. The third kappa shape index (κ3) is 5.12. The van der Waals surface area contributed by atoms with Crippen LogP contribution < -0.4 is 5.32 Å². The molecule has 134 valence electrons. The Hall–Kier alpha value is -2.26. The van der Waals surface area contributed by atoms with Gasteiger partial charge in [-0.3, -0.25) is 4.79 Å². The largest absolute Gasteiger partial charge is 0.353 e. The van der Waals surface area contributed by atoms with Crippen LogP contribution in [0.2, 0.25) is 0 Å². The second kappa shape index (κ2) is 8.91. The molecule has 3 heteroatoms. The third-order valence-electron chi connectivity index (χ3n) is 4.50. The molecule has 26 heavy (non-hydrogen) atoms. The van der Waals surface area contributed by atoms with E-state index in [1.165, 1.54) is 16.3 Å². The lowest BCUT2D eigenvalue weighted by Crippen LogP contribution is -2.37. The minimum absolute atomic E-state index is 0.101. The molecular weight excluding hydrogens is 338 g/mol. The number of nitrogens with one attached hydrogen (secondary N) is 1. The zero-order valence-corrected chi connectivity index (χ0v) is 16.1. The fourth-order valence-electron chi connectivity index (χ4n) is 2.96. The fraction of sp³-hybridized carbons (Fsp3) is 0.261. The predicted octanol–water partition coefficient (Wildman–Crippen LogP) is 5.46. The molecule has 0 radical (unpaired) electrons. The number of amides is 1. The maximum atomic E-state index is 12.5. The van der Waals surface area contributed by atoms with E-state index < -0.39 is 0 Å². The Morgan fingerprint density at radius 1 is 0.923 bits per heavy atom. The van der Waals surface area contributed by atoms with E-state index in [0.29, 0.717) is 0 Å². The molecule has 0 bridgehead atoms. The van der Waals surface area contributed by atoms with Crippen molar-refractivity contribution in [1.82, 2.24) is 5.32 Å². The summed E-state index contributed by atoms with van der Waals surface area (Å²) < 4.78 is 0. The van der Waals surface area contributed by atoms with E-state index in [1.807, 2.05) is 25.1 Å². The van der Waals surface area contributed by atoms with Gasteiger partial charge in [0, 0.05) is 10.9 Å². The number of benzene rings is 3. The van der Waals surface area contributed by atoms with Crippen molar-refractivity contribution in [1.29, 1.82) is 0 Å². The van der Waals surface area contributed by atoms with Crippen LogP contribution in [0.25, 0.3) is 10.8 Å². The van der Waals surface area contributed by atoms with Crippen molar-refractivity contribution in [3.8, 4) is 0 Å². The number of thioether (sulfide) groups is 1. The van der Waals surface area contributed by atoms with Crippen molar-refractivity contribution in [2.45, 2.75) is 42.9 Å². The molecular formula is C23H25NOS. The highest BCUT2D eigenvalue weighted by atomic mass is 32.2. The van der Waals surface area contributed by atoms with Crippen LogP contribution in [0, 0.1) is 0 Å². The Kier molecular flexibility index (Phi) is 6.35. The fourth-order valence-corrected chi connectivity index (χ4v) is 3.88. The van der Waals surface area contributed by atoms with Crippen LogP contribution in [0.1, 0.15) is 25.8 Å². The monoisotopic (exact) mass is 363 g/mol. The Labute approximate surface area is 160 Å². The molecule has 3 aromatic carbocycles. The van der Waals surface area contributed by atoms with Crippen molar-refractivity contribution in [2.75, 3.05) is 0 Å². The van der Waals surface area contributed by atoms with Gasteiger partial charge in [0.15, 0.2) is 0 Å². The van der Waals surface area contributed by atoms with Gasteiger partial charge in [0.2, 0.25) is 5.91 Å². The summed E-state index contributed by atoms with van der Waals surface area (Å²) in [4.78, 5) is 13.6. The summed E-state index contributed by atoms with van der Waals surface area (Å²) in [5.41, 5.74) is 1.31. The first-order valence-electron chi connectivity index (χ1n) is 9.11. The van der Waals surface area contributed by atoms with Crippen LogP contribution in [0.3, 0.4) is 0 Å². The highest BCUT2D eigenvalue weighted by molar-refractivity contribution is 8.00.